The number of hydrogen-bond donors (Lipinski definition) is 0. The van der Waals surface area contributed by atoms with Gasteiger partial charge in [-0.25, -0.2) is 0 Å². The van der Waals surface area contributed by atoms with Gasteiger partial charge in [0.05, 0.1) is 17.2 Å². The molecule has 100 valence electrons. The number of benzene rings is 1. The first-order valence-corrected chi connectivity index (χ1v) is 7.68. The third kappa shape index (κ3) is 4.53. The van der Waals surface area contributed by atoms with Crippen LogP contribution in [0.1, 0.15) is 10.4 Å². The molecule has 0 radical (unpaired) electrons. The van der Waals surface area contributed by atoms with Gasteiger partial charge in [0.15, 0.2) is 0 Å². The maximum atomic E-state index is 12.3. The van der Waals surface area contributed by atoms with Gasteiger partial charge in [-0.15, -0.1) is 0 Å². The van der Waals surface area contributed by atoms with Crippen molar-refractivity contribution in [2.75, 3.05) is 32.1 Å². The summed E-state index contributed by atoms with van der Waals surface area (Å²) in [5.41, 5.74) is 0.511. The van der Waals surface area contributed by atoms with Crippen molar-refractivity contribution >= 4 is 49.4 Å². The molecule has 0 aromatic heterocycles. The first-order valence-electron chi connectivity index (χ1n) is 5.39. The first kappa shape index (κ1) is 16.0. The van der Waals surface area contributed by atoms with E-state index in [1.165, 1.54) is 0 Å². The molecule has 0 aliphatic carbocycles. The molecule has 0 bridgehead atoms. The minimum absolute atomic E-state index is 0.0796. The average Bonchev–Trinajstić information content (AvgIpc) is 2.33. The molecule has 1 aromatic rings. The molecule has 1 amide bonds. The van der Waals surface area contributed by atoms with Crippen molar-refractivity contribution in [1.82, 2.24) is 4.90 Å². The van der Waals surface area contributed by atoms with Gasteiger partial charge < -0.3 is 9.64 Å². The zero-order chi connectivity index (χ0) is 13.5. The van der Waals surface area contributed by atoms with Crippen molar-refractivity contribution in [2.45, 2.75) is 0 Å². The third-order valence-corrected chi connectivity index (χ3v) is 3.53. The minimum atomic E-state index is -0.0796. The molecular formula is C12H14Br2ClNO2. The topological polar surface area (TPSA) is 29.5 Å². The Morgan fingerprint density at radius 2 is 2.17 bits per heavy atom. The van der Waals surface area contributed by atoms with Crippen LogP contribution in [0.4, 0.5) is 0 Å². The Hall–Kier alpha value is -0.100. The maximum Gasteiger partial charge on any atom is 0.255 e. The fraction of sp³-hybridized carbons (Fsp3) is 0.417. The van der Waals surface area contributed by atoms with Crippen molar-refractivity contribution in [2.24, 2.45) is 0 Å². The Bertz CT molecular complexity index is 415. The van der Waals surface area contributed by atoms with E-state index < -0.39 is 0 Å². The number of carbonyl (C=O) groups is 1. The van der Waals surface area contributed by atoms with Gasteiger partial charge in [0, 0.05) is 30.0 Å². The standard InChI is InChI=1S/C12H14Br2ClNO2/c1-18-7-6-16(5-4-13)12(17)10-3-2-9(14)8-11(10)15/h2-3,8H,4-7H2,1H3. The highest BCUT2D eigenvalue weighted by atomic mass is 79.9. The molecule has 0 N–H and O–H groups in total. The molecule has 0 unspecified atom stereocenters. The summed E-state index contributed by atoms with van der Waals surface area (Å²) < 4.78 is 5.86. The van der Waals surface area contributed by atoms with E-state index >= 15 is 0 Å². The van der Waals surface area contributed by atoms with Crippen LogP contribution in [-0.4, -0.2) is 42.9 Å². The summed E-state index contributed by atoms with van der Waals surface area (Å²) in [5, 5.41) is 1.17. The highest BCUT2D eigenvalue weighted by Crippen LogP contribution is 2.22. The summed E-state index contributed by atoms with van der Waals surface area (Å²) in [6, 6.07) is 5.25. The van der Waals surface area contributed by atoms with Crippen molar-refractivity contribution in [3.63, 3.8) is 0 Å². The van der Waals surface area contributed by atoms with Crippen LogP contribution in [-0.2, 0) is 4.74 Å². The fourth-order valence-corrected chi connectivity index (χ4v) is 2.63. The molecule has 0 saturated carbocycles. The van der Waals surface area contributed by atoms with Gasteiger partial charge in [0.2, 0.25) is 0 Å². The van der Waals surface area contributed by atoms with Gasteiger partial charge in [0.25, 0.3) is 5.91 Å². The first-order chi connectivity index (χ1) is 8.60. The molecule has 0 fully saturated rings. The largest absolute Gasteiger partial charge is 0.383 e. The molecule has 0 atom stereocenters. The molecule has 1 aromatic carbocycles. The molecule has 6 heteroatoms. The minimum Gasteiger partial charge on any atom is -0.383 e. The number of methoxy groups -OCH3 is 1. The zero-order valence-corrected chi connectivity index (χ0v) is 13.9. The Kier molecular flexibility index (Phi) is 7.22. The van der Waals surface area contributed by atoms with E-state index in [-0.39, 0.29) is 5.91 Å². The van der Waals surface area contributed by atoms with E-state index in [9.17, 15) is 4.79 Å². The van der Waals surface area contributed by atoms with Crippen LogP contribution in [0.15, 0.2) is 22.7 Å². The highest BCUT2D eigenvalue weighted by molar-refractivity contribution is 9.10. The average molecular weight is 400 g/mol. The third-order valence-electron chi connectivity index (χ3n) is 2.37. The highest BCUT2D eigenvalue weighted by Gasteiger charge is 2.17. The lowest BCUT2D eigenvalue weighted by molar-refractivity contribution is 0.0709. The van der Waals surface area contributed by atoms with Crippen molar-refractivity contribution in [3.05, 3.63) is 33.3 Å². The number of alkyl halides is 1. The lowest BCUT2D eigenvalue weighted by atomic mass is 10.2. The second-order valence-electron chi connectivity index (χ2n) is 3.60. The Morgan fingerprint density at radius 1 is 1.44 bits per heavy atom. The summed E-state index contributed by atoms with van der Waals surface area (Å²) in [5.74, 6) is -0.0796. The van der Waals surface area contributed by atoms with Gasteiger partial charge in [0.1, 0.15) is 0 Å². The number of halogens is 3. The molecule has 0 heterocycles. The predicted molar refractivity (Wildman–Crippen MR) is 80.7 cm³/mol. The summed E-state index contributed by atoms with van der Waals surface area (Å²) in [6.45, 7) is 1.68. The van der Waals surface area contributed by atoms with Crippen molar-refractivity contribution in [1.29, 1.82) is 0 Å². The zero-order valence-electron chi connectivity index (χ0n) is 9.96. The van der Waals surface area contributed by atoms with Gasteiger partial charge in [-0.1, -0.05) is 43.5 Å². The summed E-state index contributed by atoms with van der Waals surface area (Å²) in [7, 11) is 1.61. The number of carbonyl (C=O) groups excluding carboxylic acids is 1. The van der Waals surface area contributed by atoms with E-state index in [4.69, 9.17) is 16.3 Å². The summed E-state index contributed by atoms with van der Waals surface area (Å²) in [6.07, 6.45) is 0. The number of nitrogens with zero attached hydrogens (tertiary/aromatic N) is 1. The van der Waals surface area contributed by atoms with E-state index in [0.29, 0.717) is 30.3 Å². The smallest absolute Gasteiger partial charge is 0.255 e. The Morgan fingerprint density at radius 3 is 2.72 bits per heavy atom. The van der Waals surface area contributed by atoms with Crippen LogP contribution < -0.4 is 0 Å². The van der Waals surface area contributed by atoms with Crippen LogP contribution >= 0.6 is 43.5 Å². The van der Waals surface area contributed by atoms with Crippen LogP contribution in [0.25, 0.3) is 0 Å². The molecule has 0 saturated heterocycles. The monoisotopic (exact) mass is 397 g/mol. The molecular weight excluding hydrogens is 385 g/mol. The lowest BCUT2D eigenvalue weighted by Gasteiger charge is -2.22. The van der Waals surface area contributed by atoms with Crippen LogP contribution in [0, 0.1) is 0 Å². The number of amides is 1. The van der Waals surface area contributed by atoms with E-state index in [0.717, 1.165) is 9.80 Å². The van der Waals surface area contributed by atoms with E-state index in [2.05, 4.69) is 31.9 Å². The number of rotatable bonds is 6. The molecule has 18 heavy (non-hydrogen) atoms. The molecule has 3 nitrogen and oxygen atoms in total. The van der Waals surface area contributed by atoms with Crippen LogP contribution in [0.3, 0.4) is 0 Å². The molecule has 0 aliphatic rings. The normalized spacial score (nSPS) is 10.4. The quantitative estimate of drug-likeness (QED) is 0.685. The SMILES string of the molecule is COCCN(CCBr)C(=O)c1ccc(Br)cc1Cl. The molecule has 0 aliphatic heterocycles. The van der Waals surface area contributed by atoms with Gasteiger partial charge in [-0.2, -0.15) is 0 Å². The maximum absolute atomic E-state index is 12.3. The second kappa shape index (κ2) is 8.15. The predicted octanol–water partition coefficient (Wildman–Crippen LogP) is 3.59. The summed E-state index contributed by atoms with van der Waals surface area (Å²) >= 11 is 12.7. The van der Waals surface area contributed by atoms with Gasteiger partial charge in [-0.05, 0) is 18.2 Å². The van der Waals surface area contributed by atoms with Crippen molar-refractivity contribution in [3.8, 4) is 0 Å². The van der Waals surface area contributed by atoms with Gasteiger partial charge >= 0.3 is 0 Å². The summed E-state index contributed by atoms with van der Waals surface area (Å²) in [4.78, 5) is 14.0. The molecule has 0 spiro atoms. The van der Waals surface area contributed by atoms with Gasteiger partial charge in [-0.3, -0.25) is 4.79 Å². The van der Waals surface area contributed by atoms with Crippen LogP contribution in [0.2, 0.25) is 5.02 Å². The van der Waals surface area contributed by atoms with Crippen molar-refractivity contribution < 1.29 is 9.53 Å². The van der Waals surface area contributed by atoms with E-state index in [1.807, 2.05) is 6.07 Å². The second-order valence-corrected chi connectivity index (χ2v) is 5.71. The number of hydrogen-bond acceptors (Lipinski definition) is 2. The Balaban J connectivity index is 2.87. The van der Waals surface area contributed by atoms with E-state index in [1.54, 1.807) is 24.1 Å². The Labute approximate surface area is 129 Å². The van der Waals surface area contributed by atoms with Crippen LogP contribution in [0.5, 0.6) is 0 Å². The lowest BCUT2D eigenvalue weighted by Crippen LogP contribution is -2.35. The number of ether oxygens (including phenoxy) is 1. The molecule has 1 rings (SSSR count). The fourth-order valence-electron chi connectivity index (χ4n) is 1.45.